The molecule has 0 unspecified atom stereocenters. The molecule has 0 aromatic heterocycles. The van der Waals surface area contributed by atoms with Gasteiger partial charge in [0.15, 0.2) is 6.61 Å². The second-order valence-electron chi connectivity index (χ2n) is 7.18. The number of carbonyl (C=O) groups is 2. The molecular weight excluding hydrogens is 336 g/mol. The minimum atomic E-state index is -0.710. The van der Waals surface area contributed by atoms with Crippen molar-refractivity contribution in [1.82, 2.24) is 4.90 Å². The first-order valence-electron chi connectivity index (χ1n) is 9.19. The van der Waals surface area contributed by atoms with Crippen molar-refractivity contribution in [2.75, 3.05) is 13.2 Å². The molecule has 0 N–H and O–H groups in total. The first-order valence-corrected chi connectivity index (χ1v) is 9.19. The van der Waals surface area contributed by atoms with Gasteiger partial charge in [-0.2, -0.15) is 0 Å². The number of nitrogens with zero attached hydrogens (tertiary/aromatic N) is 2. The van der Waals surface area contributed by atoms with E-state index in [0.717, 1.165) is 19.3 Å². The molecule has 1 amide bonds. The SMILES string of the molecule is Cc1ccc(C(=O)OCC(=O)N2CCC[C@H]3CCCC[C@@H]32)cc1[N+](=O)[O-]. The number of nitro groups is 1. The van der Waals surface area contributed by atoms with E-state index in [1.807, 2.05) is 4.90 Å². The van der Waals surface area contributed by atoms with Crippen LogP contribution in [0.15, 0.2) is 18.2 Å². The molecule has 0 bridgehead atoms. The minimum Gasteiger partial charge on any atom is -0.452 e. The summed E-state index contributed by atoms with van der Waals surface area (Å²) in [6.45, 7) is 2.00. The highest BCUT2D eigenvalue weighted by Gasteiger charge is 2.35. The number of amides is 1. The van der Waals surface area contributed by atoms with E-state index in [-0.39, 0.29) is 29.8 Å². The van der Waals surface area contributed by atoms with Crippen LogP contribution in [0.25, 0.3) is 0 Å². The number of hydrogen-bond acceptors (Lipinski definition) is 5. The molecule has 2 aliphatic rings. The van der Waals surface area contributed by atoms with Gasteiger partial charge in [0.1, 0.15) is 0 Å². The second kappa shape index (κ2) is 7.85. The van der Waals surface area contributed by atoms with Crippen LogP contribution in [0.4, 0.5) is 5.69 Å². The number of rotatable bonds is 4. The van der Waals surface area contributed by atoms with Crippen molar-refractivity contribution in [3.05, 3.63) is 39.4 Å². The number of ether oxygens (including phenoxy) is 1. The molecule has 1 aromatic rings. The smallest absolute Gasteiger partial charge is 0.338 e. The molecule has 7 nitrogen and oxygen atoms in total. The Kier molecular flexibility index (Phi) is 5.54. The molecule has 1 aliphatic heterocycles. The fourth-order valence-corrected chi connectivity index (χ4v) is 4.16. The maximum absolute atomic E-state index is 12.6. The zero-order valence-corrected chi connectivity index (χ0v) is 15.0. The van der Waals surface area contributed by atoms with Crippen LogP contribution in [-0.2, 0) is 9.53 Å². The summed E-state index contributed by atoms with van der Waals surface area (Å²) in [7, 11) is 0. The number of benzene rings is 1. The quantitative estimate of drug-likeness (QED) is 0.467. The van der Waals surface area contributed by atoms with Crippen LogP contribution in [0.1, 0.15) is 54.4 Å². The van der Waals surface area contributed by atoms with Crippen LogP contribution in [0.5, 0.6) is 0 Å². The number of esters is 1. The van der Waals surface area contributed by atoms with E-state index in [1.165, 1.54) is 37.5 Å². The van der Waals surface area contributed by atoms with Crippen molar-refractivity contribution in [3.63, 3.8) is 0 Å². The number of nitro benzene ring substituents is 1. The van der Waals surface area contributed by atoms with Gasteiger partial charge in [-0.25, -0.2) is 4.79 Å². The standard InChI is InChI=1S/C19H24N2O5/c1-13-8-9-15(11-17(13)21(24)25)19(23)26-12-18(22)20-10-4-6-14-5-2-3-7-16(14)20/h8-9,11,14,16H,2-7,10,12H2,1H3/t14-,16+/m1/s1. The number of carbonyl (C=O) groups excluding carboxylic acids is 2. The Bertz CT molecular complexity index is 716. The van der Waals surface area contributed by atoms with Crippen molar-refractivity contribution in [2.45, 2.75) is 51.5 Å². The molecule has 2 fully saturated rings. The third-order valence-electron chi connectivity index (χ3n) is 5.53. The van der Waals surface area contributed by atoms with Crippen LogP contribution < -0.4 is 0 Å². The molecule has 1 saturated carbocycles. The van der Waals surface area contributed by atoms with E-state index in [4.69, 9.17) is 4.74 Å². The molecule has 0 spiro atoms. The molecule has 1 saturated heterocycles. The van der Waals surface area contributed by atoms with Gasteiger partial charge < -0.3 is 9.64 Å². The van der Waals surface area contributed by atoms with Crippen molar-refractivity contribution < 1.29 is 19.2 Å². The second-order valence-corrected chi connectivity index (χ2v) is 7.18. The Morgan fingerprint density at radius 1 is 1.23 bits per heavy atom. The molecule has 0 radical (unpaired) electrons. The fourth-order valence-electron chi connectivity index (χ4n) is 4.16. The fraction of sp³-hybridized carbons (Fsp3) is 0.579. The van der Waals surface area contributed by atoms with Gasteiger partial charge in [-0.05, 0) is 44.6 Å². The van der Waals surface area contributed by atoms with Gasteiger partial charge in [0.25, 0.3) is 11.6 Å². The van der Waals surface area contributed by atoms with E-state index >= 15 is 0 Å². The lowest BCUT2D eigenvalue weighted by Gasteiger charge is -2.44. The van der Waals surface area contributed by atoms with Crippen LogP contribution >= 0.6 is 0 Å². The molecule has 2 atom stereocenters. The lowest BCUT2D eigenvalue weighted by atomic mass is 9.78. The van der Waals surface area contributed by atoms with Gasteiger partial charge in [0.2, 0.25) is 0 Å². The lowest BCUT2D eigenvalue weighted by Crippen LogP contribution is -2.50. The van der Waals surface area contributed by atoms with Gasteiger partial charge in [-0.1, -0.05) is 18.9 Å². The van der Waals surface area contributed by atoms with Crippen molar-refractivity contribution in [3.8, 4) is 0 Å². The van der Waals surface area contributed by atoms with E-state index < -0.39 is 10.9 Å². The third kappa shape index (κ3) is 3.86. The Hall–Kier alpha value is -2.44. The summed E-state index contributed by atoms with van der Waals surface area (Å²) in [6.07, 6.45) is 6.71. The molecule has 1 aromatic carbocycles. The number of piperidine rings is 1. The lowest BCUT2D eigenvalue weighted by molar-refractivity contribution is -0.385. The van der Waals surface area contributed by atoms with Gasteiger partial charge in [-0.3, -0.25) is 14.9 Å². The normalized spacial score (nSPS) is 22.4. The first-order chi connectivity index (χ1) is 12.5. The highest BCUT2D eigenvalue weighted by atomic mass is 16.6. The van der Waals surface area contributed by atoms with Gasteiger partial charge >= 0.3 is 5.97 Å². The molecule has 1 heterocycles. The topological polar surface area (TPSA) is 89.8 Å². The van der Waals surface area contributed by atoms with E-state index in [9.17, 15) is 19.7 Å². The summed E-state index contributed by atoms with van der Waals surface area (Å²) in [6, 6.07) is 4.45. The van der Waals surface area contributed by atoms with Crippen molar-refractivity contribution >= 4 is 17.6 Å². The molecule has 140 valence electrons. The highest BCUT2D eigenvalue weighted by molar-refractivity contribution is 5.92. The molecule has 7 heteroatoms. The minimum absolute atomic E-state index is 0.0873. The summed E-state index contributed by atoms with van der Waals surface area (Å²) >= 11 is 0. The Morgan fingerprint density at radius 3 is 2.73 bits per heavy atom. The van der Waals surface area contributed by atoms with Crippen molar-refractivity contribution in [1.29, 1.82) is 0 Å². The maximum Gasteiger partial charge on any atom is 0.338 e. The molecule has 3 rings (SSSR count). The monoisotopic (exact) mass is 360 g/mol. The van der Waals surface area contributed by atoms with Crippen LogP contribution in [-0.4, -0.2) is 40.9 Å². The average molecular weight is 360 g/mol. The summed E-state index contributed by atoms with van der Waals surface area (Å²) in [5.74, 6) is -0.313. The van der Waals surface area contributed by atoms with Gasteiger partial charge in [-0.15, -0.1) is 0 Å². The molecular formula is C19H24N2O5. The summed E-state index contributed by atoms with van der Waals surface area (Å²) in [4.78, 5) is 37.1. The highest BCUT2D eigenvalue weighted by Crippen LogP contribution is 2.35. The number of likely N-dealkylation sites (tertiary alicyclic amines) is 1. The van der Waals surface area contributed by atoms with Crippen LogP contribution in [0.3, 0.4) is 0 Å². The predicted molar refractivity (Wildman–Crippen MR) is 94.8 cm³/mol. The largest absolute Gasteiger partial charge is 0.452 e. The van der Waals surface area contributed by atoms with Gasteiger partial charge in [0, 0.05) is 24.2 Å². The predicted octanol–water partition coefficient (Wildman–Crippen LogP) is 3.24. The Balaban J connectivity index is 1.61. The zero-order valence-electron chi connectivity index (χ0n) is 15.0. The third-order valence-corrected chi connectivity index (χ3v) is 5.53. The average Bonchev–Trinajstić information content (AvgIpc) is 2.65. The van der Waals surface area contributed by atoms with Crippen LogP contribution in [0, 0.1) is 23.0 Å². The maximum atomic E-state index is 12.6. The number of aryl methyl sites for hydroxylation is 1. The van der Waals surface area contributed by atoms with E-state index in [1.54, 1.807) is 6.92 Å². The number of fused-ring (bicyclic) bond motifs is 1. The zero-order chi connectivity index (χ0) is 18.7. The summed E-state index contributed by atoms with van der Waals surface area (Å²) in [5.41, 5.74) is 0.426. The Labute approximate surface area is 152 Å². The van der Waals surface area contributed by atoms with Crippen molar-refractivity contribution in [2.24, 2.45) is 5.92 Å². The van der Waals surface area contributed by atoms with E-state index in [0.29, 0.717) is 18.0 Å². The van der Waals surface area contributed by atoms with Gasteiger partial charge in [0.05, 0.1) is 10.5 Å². The Morgan fingerprint density at radius 2 is 1.96 bits per heavy atom. The number of hydrogen-bond donors (Lipinski definition) is 0. The molecule has 1 aliphatic carbocycles. The first kappa shape index (κ1) is 18.4. The molecule has 26 heavy (non-hydrogen) atoms. The summed E-state index contributed by atoms with van der Waals surface area (Å²) < 4.78 is 5.14. The van der Waals surface area contributed by atoms with Crippen LogP contribution in [0.2, 0.25) is 0 Å². The van der Waals surface area contributed by atoms with E-state index in [2.05, 4.69) is 0 Å². The summed E-state index contributed by atoms with van der Waals surface area (Å²) in [5, 5.41) is 11.0.